The van der Waals surface area contributed by atoms with Crippen LogP contribution in [0.1, 0.15) is 34.6 Å². The highest BCUT2D eigenvalue weighted by Crippen LogP contribution is 2.29. The Hall–Kier alpha value is -1.78. The summed E-state index contributed by atoms with van der Waals surface area (Å²) in [5.41, 5.74) is 0.869. The molecule has 0 spiro atoms. The van der Waals surface area contributed by atoms with Crippen LogP contribution in [0.4, 0.5) is 11.4 Å². The Balaban J connectivity index is 2.91. The molecule has 1 aromatic rings. The van der Waals surface area contributed by atoms with Crippen LogP contribution in [0.2, 0.25) is 0 Å². The number of non-ortho nitro benzene ring substituents is 1. The van der Waals surface area contributed by atoms with Crippen LogP contribution < -0.4 is 10.1 Å². The summed E-state index contributed by atoms with van der Waals surface area (Å²) >= 11 is 0. The molecule has 1 rings (SSSR count). The third-order valence-electron chi connectivity index (χ3n) is 3.72. The molecule has 0 bridgehead atoms. The Labute approximate surface area is 120 Å². The van der Waals surface area contributed by atoms with Crippen LogP contribution >= 0.6 is 0 Å². The normalized spacial score (nSPS) is 11.5. The first-order chi connectivity index (χ1) is 9.26. The lowest BCUT2D eigenvalue weighted by atomic mass is 9.81. The van der Waals surface area contributed by atoms with Crippen molar-refractivity contribution in [1.29, 1.82) is 0 Å². The predicted octanol–water partition coefficient (Wildman–Crippen LogP) is 4.09. The Morgan fingerprint density at radius 3 is 2.50 bits per heavy atom. The van der Waals surface area contributed by atoms with E-state index in [-0.39, 0.29) is 11.1 Å². The molecule has 0 aliphatic heterocycles. The van der Waals surface area contributed by atoms with Gasteiger partial charge < -0.3 is 10.1 Å². The number of ether oxygens (including phenoxy) is 1. The van der Waals surface area contributed by atoms with E-state index in [1.807, 2.05) is 6.92 Å². The Kier molecular flexibility index (Phi) is 5.36. The highest BCUT2D eigenvalue weighted by Gasteiger charge is 2.22. The first kappa shape index (κ1) is 16.3. The maximum Gasteiger partial charge on any atom is 0.275 e. The fraction of sp³-hybridized carbons (Fsp3) is 0.600. The van der Waals surface area contributed by atoms with E-state index < -0.39 is 4.92 Å². The minimum absolute atomic E-state index is 0.0424. The van der Waals surface area contributed by atoms with Crippen LogP contribution in [-0.2, 0) is 0 Å². The molecule has 0 fully saturated rings. The molecular formula is C15H24N2O3. The largest absolute Gasteiger partial charge is 0.494 e. The molecule has 5 heteroatoms. The van der Waals surface area contributed by atoms with Crippen LogP contribution in [0.15, 0.2) is 18.2 Å². The average Bonchev–Trinajstić information content (AvgIpc) is 2.36. The highest BCUT2D eigenvalue weighted by atomic mass is 16.6. The summed E-state index contributed by atoms with van der Waals surface area (Å²) in [7, 11) is 0. The van der Waals surface area contributed by atoms with Crippen molar-refractivity contribution in [3.05, 3.63) is 28.3 Å². The van der Waals surface area contributed by atoms with Crippen molar-refractivity contribution in [2.75, 3.05) is 18.5 Å². The van der Waals surface area contributed by atoms with Crippen molar-refractivity contribution >= 4 is 11.4 Å². The van der Waals surface area contributed by atoms with E-state index in [1.165, 1.54) is 6.07 Å². The molecule has 5 nitrogen and oxygen atoms in total. The number of nitro benzene ring substituents is 1. The number of nitrogens with zero attached hydrogens (tertiary/aromatic N) is 1. The SMILES string of the molecule is CCOc1cc(NCC(C)(C)C(C)C)cc([N+](=O)[O-])c1. The molecule has 0 aromatic heterocycles. The van der Waals surface area contributed by atoms with Gasteiger partial charge in [0.2, 0.25) is 0 Å². The lowest BCUT2D eigenvalue weighted by molar-refractivity contribution is -0.384. The minimum atomic E-state index is -0.401. The first-order valence-corrected chi connectivity index (χ1v) is 6.92. The van der Waals surface area contributed by atoms with Gasteiger partial charge in [-0.05, 0) is 18.3 Å². The molecule has 0 amide bonds. The van der Waals surface area contributed by atoms with Crippen LogP contribution in [-0.4, -0.2) is 18.1 Å². The van der Waals surface area contributed by atoms with Crippen molar-refractivity contribution in [3.8, 4) is 5.75 Å². The van der Waals surface area contributed by atoms with Crippen LogP contribution in [0.25, 0.3) is 0 Å². The first-order valence-electron chi connectivity index (χ1n) is 6.92. The zero-order valence-corrected chi connectivity index (χ0v) is 12.9. The van der Waals surface area contributed by atoms with E-state index in [1.54, 1.807) is 12.1 Å². The maximum absolute atomic E-state index is 10.9. The average molecular weight is 280 g/mol. The van der Waals surface area contributed by atoms with Crippen molar-refractivity contribution < 1.29 is 9.66 Å². The van der Waals surface area contributed by atoms with E-state index in [2.05, 4.69) is 33.0 Å². The van der Waals surface area contributed by atoms with Crippen molar-refractivity contribution in [3.63, 3.8) is 0 Å². The number of benzene rings is 1. The van der Waals surface area contributed by atoms with E-state index in [0.717, 1.165) is 12.2 Å². The van der Waals surface area contributed by atoms with Gasteiger partial charge in [0.25, 0.3) is 5.69 Å². The molecular weight excluding hydrogens is 256 g/mol. The molecule has 0 unspecified atom stereocenters. The molecule has 0 heterocycles. The molecule has 112 valence electrons. The maximum atomic E-state index is 10.9. The molecule has 0 atom stereocenters. The molecule has 0 saturated heterocycles. The Bertz CT molecular complexity index is 470. The van der Waals surface area contributed by atoms with Gasteiger partial charge >= 0.3 is 0 Å². The summed E-state index contributed by atoms with van der Waals surface area (Å²) < 4.78 is 5.37. The number of nitrogens with one attached hydrogen (secondary N) is 1. The standard InChI is InChI=1S/C15H24N2O3/c1-6-20-14-8-12(7-13(9-14)17(18)19)16-10-15(4,5)11(2)3/h7-9,11,16H,6,10H2,1-5H3. The van der Waals surface area contributed by atoms with Crippen molar-refractivity contribution in [2.45, 2.75) is 34.6 Å². The lowest BCUT2D eigenvalue weighted by Gasteiger charge is -2.29. The molecule has 0 aliphatic carbocycles. The van der Waals surface area contributed by atoms with E-state index in [9.17, 15) is 10.1 Å². The summed E-state index contributed by atoms with van der Waals surface area (Å²) in [6.07, 6.45) is 0. The summed E-state index contributed by atoms with van der Waals surface area (Å²) in [5.74, 6) is 1.03. The van der Waals surface area contributed by atoms with Gasteiger partial charge in [-0.15, -0.1) is 0 Å². The monoisotopic (exact) mass is 280 g/mol. The Morgan fingerprint density at radius 2 is 2.00 bits per heavy atom. The zero-order chi connectivity index (χ0) is 15.3. The van der Waals surface area contributed by atoms with Gasteiger partial charge in [0.05, 0.1) is 17.6 Å². The quantitative estimate of drug-likeness (QED) is 0.603. The number of hydrogen-bond acceptors (Lipinski definition) is 4. The molecule has 20 heavy (non-hydrogen) atoms. The third-order valence-corrected chi connectivity index (χ3v) is 3.72. The topological polar surface area (TPSA) is 64.4 Å². The molecule has 1 aromatic carbocycles. The summed E-state index contributed by atoms with van der Waals surface area (Å²) in [5, 5.41) is 14.2. The second-order valence-corrected chi connectivity index (χ2v) is 5.90. The van der Waals surface area contributed by atoms with Gasteiger partial charge in [0, 0.05) is 24.4 Å². The second kappa shape index (κ2) is 6.59. The Morgan fingerprint density at radius 1 is 1.35 bits per heavy atom. The second-order valence-electron chi connectivity index (χ2n) is 5.90. The van der Waals surface area contributed by atoms with Crippen LogP contribution in [0, 0.1) is 21.4 Å². The molecule has 0 aliphatic rings. The molecule has 0 radical (unpaired) electrons. The lowest BCUT2D eigenvalue weighted by Crippen LogP contribution is -2.28. The van der Waals surface area contributed by atoms with Gasteiger partial charge in [-0.3, -0.25) is 10.1 Å². The fourth-order valence-corrected chi connectivity index (χ4v) is 1.57. The highest BCUT2D eigenvalue weighted by molar-refractivity contribution is 5.56. The van der Waals surface area contributed by atoms with E-state index in [0.29, 0.717) is 18.3 Å². The number of nitro groups is 1. The smallest absolute Gasteiger partial charge is 0.275 e. The summed E-state index contributed by atoms with van der Waals surface area (Å²) in [4.78, 5) is 10.5. The van der Waals surface area contributed by atoms with Crippen LogP contribution in [0.3, 0.4) is 0 Å². The van der Waals surface area contributed by atoms with Crippen molar-refractivity contribution in [1.82, 2.24) is 0 Å². The zero-order valence-electron chi connectivity index (χ0n) is 12.9. The van der Waals surface area contributed by atoms with Crippen LogP contribution in [0.5, 0.6) is 5.75 Å². The molecule has 0 saturated carbocycles. The predicted molar refractivity (Wildman–Crippen MR) is 81.4 cm³/mol. The summed E-state index contributed by atoms with van der Waals surface area (Å²) in [6.45, 7) is 11.8. The van der Waals surface area contributed by atoms with Gasteiger partial charge in [-0.25, -0.2) is 0 Å². The fourth-order valence-electron chi connectivity index (χ4n) is 1.57. The van der Waals surface area contributed by atoms with E-state index >= 15 is 0 Å². The summed E-state index contributed by atoms with van der Waals surface area (Å²) in [6, 6.07) is 4.79. The van der Waals surface area contributed by atoms with Crippen molar-refractivity contribution in [2.24, 2.45) is 11.3 Å². The van der Waals surface area contributed by atoms with Gasteiger partial charge in [0.1, 0.15) is 5.75 Å². The van der Waals surface area contributed by atoms with Gasteiger partial charge in [-0.2, -0.15) is 0 Å². The number of rotatable bonds is 7. The number of anilines is 1. The van der Waals surface area contributed by atoms with Gasteiger partial charge in [-0.1, -0.05) is 27.7 Å². The third kappa shape index (κ3) is 4.40. The molecule has 1 N–H and O–H groups in total. The minimum Gasteiger partial charge on any atom is -0.494 e. The van der Waals surface area contributed by atoms with Gasteiger partial charge in [0.15, 0.2) is 0 Å². The number of hydrogen-bond donors (Lipinski definition) is 1. The van der Waals surface area contributed by atoms with E-state index in [4.69, 9.17) is 4.74 Å².